The Hall–Kier alpha value is -1.09. The van der Waals surface area contributed by atoms with Crippen molar-refractivity contribution < 1.29 is 0 Å². The number of nitrogens with two attached hydrogens (primary N) is 1. The average molecular weight is 236 g/mol. The van der Waals surface area contributed by atoms with Crippen LogP contribution in [0.15, 0.2) is 24.3 Å². The van der Waals surface area contributed by atoms with Crippen LogP contribution in [0.2, 0.25) is 0 Å². The van der Waals surface area contributed by atoms with Crippen molar-refractivity contribution in [1.82, 2.24) is 0 Å². The second-order valence-corrected chi connectivity index (χ2v) is 4.70. The van der Waals surface area contributed by atoms with Crippen molar-refractivity contribution in [2.45, 2.75) is 33.2 Å². The summed E-state index contributed by atoms with van der Waals surface area (Å²) in [5, 5.41) is 3.47. The molecule has 2 atom stereocenters. The number of anilines is 1. The van der Waals surface area contributed by atoms with E-state index in [0.29, 0.717) is 16.9 Å². The molecule has 0 saturated carbocycles. The second-order valence-electron chi connectivity index (χ2n) is 4.26. The summed E-state index contributed by atoms with van der Waals surface area (Å²) in [7, 11) is 0. The normalized spacial score (nSPS) is 14.2. The lowest BCUT2D eigenvalue weighted by molar-refractivity contribution is 0.494. The van der Waals surface area contributed by atoms with E-state index in [-0.39, 0.29) is 0 Å². The maximum atomic E-state index is 5.55. The van der Waals surface area contributed by atoms with Crippen LogP contribution in [0.3, 0.4) is 0 Å². The maximum Gasteiger partial charge on any atom is 0.103 e. The highest BCUT2D eigenvalue weighted by Gasteiger charge is 2.09. The smallest absolute Gasteiger partial charge is 0.103 e. The van der Waals surface area contributed by atoms with Gasteiger partial charge in [0.15, 0.2) is 0 Å². The SMILES string of the molecule is CCC(C)C(C)Nc1ccc(C(N)=S)cc1. The monoisotopic (exact) mass is 236 g/mol. The summed E-state index contributed by atoms with van der Waals surface area (Å²) in [6.07, 6.45) is 1.18. The molecule has 0 saturated heterocycles. The standard InChI is InChI=1S/C13H20N2S/c1-4-9(2)10(3)15-12-7-5-11(6-8-12)13(14)16/h5-10,15H,4H2,1-3H3,(H2,14,16). The molecule has 0 aliphatic rings. The molecule has 0 amide bonds. The Morgan fingerprint density at radius 3 is 2.31 bits per heavy atom. The van der Waals surface area contributed by atoms with Gasteiger partial charge < -0.3 is 11.1 Å². The Bertz CT molecular complexity index is 345. The third-order valence-electron chi connectivity index (χ3n) is 3.06. The summed E-state index contributed by atoms with van der Waals surface area (Å²) >= 11 is 4.91. The van der Waals surface area contributed by atoms with Crippen molar-refractivity contribution in [3.63, 3.8) is 0 Å². The molecule has 1 rings (SSSR count). The highest BCUT2D eigenvalue weighted by molar-refractivity contribution is 7.80. The van der Waals surface area contributed by atoms with E-state index >= 15 is 0 Å². The van der Waals surface area contributed by atoms with Crippen LogP contribution < -0.4 is 11.1 Å². The molecule has 3 heteroatoms. The van der Waals surface area contributed by atoms with Crippen LogP contribution in [-0.2, 0) is 0 Å². The van der Waals surface area contributed by atoms with E-state index in [9.17, 15) is 0 Å². The Kier molecular flexibility index (Phi) is 4.74. The topological polar surface area (TPSA) is 38.0 Å². The predicted octanol–water partition coefficient (Wildman–Crippen LogP) is 3.17. The highest BCUT2D eigenvalue weighted by atomic mass is 32.1. The second kappa shape index (κ2) is 5.85. The van der Waals surface area contributed by atoms with Gasteiger partial charge in [-0.05, 0) is 37.1 Å². The minimum absolute atomic E-state index is 0.446. The molecule has 2 unspecified atom stereocenters. The zero-order valence-electron chi connectivity index (χ0n) is 10.2. The Labute approximate surface area is 103 Å². The number of nitrogens with one attached hydrogen (secondary N) is 1. The quantitative estimate of drug-likeness (QED) is 0.771. The lowest BCUT2D eigenvalue weighted by atomic mass is 10.0. The van der Waals surface area contributed by atoms with E-state index in [4.69, 9.17) is 18.0 Å². The minimum atomic E-state index is 0.446. The van der Waals surface area contributed by atoms with Crippen molar-refractivity contribution in [3.8, 4) is 0 Å². The fourth-order valence-corrected chi connectivity index (χ4v) is 1.63. The van der Waals surface area contributed by atoms with Gasteiger partial charge in [-0.2, -0.15) is 0 Å². The van der Waals surface area contributed by atoms with Gasteiger partial charge in [-0.25, -0.2) is 0 Å². The van der Waals surface area contributed by atoms with Gasteiger partial charge in [0.1, 0.15) is 4.99 Å². The molecule has 0 bridgehead atoms. The number of thiocarbonyl (C=S) groups is 1. The van der Waals surface area contributed by atoms with Crippen molar-refractivity contribution in [3.05, 3.63) is 29.8 Å². The van der Waals surface area contributed by atoms with Gasteiger partial charge in [0, 0.05) is 17.3 Å². The lowest BCUT2D eigenvalue weighted by Gasteiger charge is -2.21. The first-order valence-corrected chi connectivity index (χ1v) is 6.11. The molecule has 2 nitrogen and oxygen atoms in total. The molecule has 1 aromatic rings. The minimum Gasteiger partial charge on any atom is -0.389 e. The van der Waals surface area contributed by atoms with Crippen molar-refractivity contribution in [1.29, 1.82) is 0 Å². The van der Waals surface area contributed by atoms with Gasteiger partial charge in [0.05, 0.1) is 0 Å². The van der Waals surface area contributed by atoms with E-state index in [0.717, 1.165) is 11.3 Å². The lowest BCUT2D eigenvalue weighted by Crippen LogP contribution is -2.23. The molecular formula is C13H20N2S. The van der Waals surface area contributed by atoms with Gasteiger partial charge in [0.25, 0.3) is 0 Å². The van der Waals surface area contributed by atoms with E-state index in [1.165, 1.54) is 6.42 Å². The van der Waals surface area contributed by atoms with E-state index < -0.39 is 0 Å². The van der Waals surface area contributed by atoms with E-state index in [1.807, 2.05) is 24.3 Å². The molecular weight excluding hydrogens is 216 g/mol. The first-order valence-electron chi connectivity index (χ1n) is 5.71. The largest absolute Gasteiger partial charge is 0.389 e. The van der Waals surface area contributed by atoms with Gasteiger partial charge in [0.2, 0.25) is 0 Å². The van der Waals surface area contributed by atoms with Crippen LogP contribution in [0.1, 0.15) is 32.8 Å². The Morgan fingerprint density at radius 2 is 1.88 bits per heavy atom. The third kappa shape index (κ3) is 3.49. The van der Waals surface area contributed by atoms with Crippen molar-refractivity contribution in [2.75, 3.05) is 5.32 Å². The summed E-state index contributed by atoms with van der Waals surface area (Å²) in [6, 6.07) is 8.42. The number of hydrogen-bond donors (Lipinski definition) is 2. The van der Waals surface area contributed by atoms with Crippen LogP contribution in [0, 0.1) is 5.92 Å². The Balaban J connectivity index is 2.65. The Morgan fingerprint density at radius 1 is 1.31 bits per heavy atom. The summed E-state index contributed by atoms with van der Waals surface area (Å²) in [4.78, 5) is 0.446. The molecule has 88 valence electrons. The average Bonchev–Trinajstić information content (AvgIpc) is 2.28. The summed E-state index contributed by atoms with van der Waals surface area (Å²) in [6.45, 7) is 6.66. The van der Waals surface area contributed by atoms with Crippen LogP contribution in [0.25, 0.3) is 0 Å². The highest BCUT2D eigenvalue weighted by Crippen LogP contribution is 2.15. The first-order chi connectivity index (χ1) is 7.54. The molecule has 3 N–H and O–H groups in total. The fourth-order valence-electron chi connectivity index (χ4n) is 1.49. The molecule has 0 fully saturated rings. The van der Waals surface area contributed by atoms with Crippen molar-refractivity contribution >= 4 is 22.9 Å². The van der Waals surface area contributed by atoms with Gasteiger partial charge in [-0.15, -0.1) is 0 Å². The fraction of sp³-hybridized carbons (Fsp3) is 0.462. The first kappa shape index (κ1) is 13.0. The molecule has 0 aliphatic carbocycles. The van der Waals surface area contributed by atoms with Crippen molar-refractivity contribution in [2.24, 2.45) is 11.7 Å². The third-order valence-corrected chi connectivity index (χ3v) is 3.30. The summed E-state index contributed by atoms with van der Waals surface area (Å²) in [5.41, 5.74) is 7.58. The number of rotatable bonds is 5. The maximum absolute atomic E-state index is 5.55. The molecule has 0 aliphatic heterocycles. The predicted molar refractivity (Wildman–Crippen MR) is 74.9 cm³/mol. The van der Waals surface area contributed by atoms with Gasteiger partial charge >= 0.3 is 0 Å². The van der Waals surface area contributed by atoms with Crippen LogP contribution >= 0.6 is 12.2 Å². The summed E-state index contributed by atoms with van der Waals surface area (Å²) in [5.74, 6) is 0.662. The van der Waals surface area contributed by atoms with Crippen LogP contribution in [0.4, 0.5) is 5.69 Å². The van der Waals surface area contributed by atoms with Crippen LogP contribution in [0.5, 0.6) is 0 Å². The molecule has 0 spiro atoms. The van der Waals surface area contributed by atoms with E-state index in [2.05, 4.69) is 26.1 Å². The summed E-state index contributed by atoms with van der Waals surface area (Å²) < 4.78 is 0. The zero-order valence-corrected chi connectivity index (χ0v) is 11.0. The number of hydrogen-bond acceptors (Lipinski definition) is 2. The number of benzene rings is 1. The molecule has 0 aromatic heterocycles. The van der Waals surface area contributed by atoms with Gasteiger partial charge in [-0.3, -0.25) is 0 Å². The van der Waals surface area contributed by atoms with Gasteiger partial charge in [-0.1, -0.05) is 32.5 Å². The molecule has 1 aromatic carbocycles. The molecule has 16 heavy (non-hydrogen) atoms. The van der Waals surface area contributed by atoms with Crippen LogP contribution in [-0.4, -0.2) is 11.0 Å². The zero-order chi connectivity index (χ0) is 12.1. The van der Waals surface area contributed by atoms with E-state index in [1.54, 1.807) is 0 Å². The molecule has 0 heterocycles. The molecule has 0 radical (unpaired) electrons.